The topological polar surface area (TPSA) is 83.5 Å². The predicted molar refractivity (Wildman–Crippen MR) is 58.6 cm³/mol. The molecule has 0 aliphatic rings. The number of hydrogen-bond donors (Lipinski definition) is 2. The number of hydrogen-bond acceptors (Lipinski definition) is 3. The third-order valence-electron chi connectivity index (χ3n) is 2.08. The predicted octanol–water partition coefficient (Wildman–Crippen LogP) is 0.886. The average Bonchev–Trinajstić information content (AvgIpc) is 2.20. The first-order valence-electron chi connectivity index (χ1n) is 4.75. The van der Waals surface area contributed by atoms with E-state index in [-0.39, 0.29) is 0 Å². The fraction of sp³-hybridized carbons (Fsp3) is 0.300. The van der Waals surface area contributed by atoms with Gasteiger partial charge in [-0.15, -0.1) is 0 Å². The third kappa shape index (κ3) is 3.24. The van der Waals surface area contributed by atoms with Crippen LogP contribution in [0.1, 0.15) is 12.5 Å². The van der Waals surface area contributed by atoms with E-state index in [0.29, 0.717) is 5.56 Å². The van der Waals surface area contributed by atoms with Gasteiger partial charge in [0.25, 0.3) is 0 Å². The minimum atomic E-state index is -4.16. The molecule has 2 N–H and O–H groups in total. The van der Waals surface area contributed by atoms with E-state index in [0.717, 1.165) is 19.1 Å². The zero-order chi connectivity index (χ0) is 13.2. The number of sulfonamides is 1. The molecule has 7 heteroatoms. The van der Waals surface area contributed by atoms with Crippen molar-refractivity contribution in [2.45, 2.75) is 24.8 Å². The van der Waals surface area contributed by atoms with Gasteiger partial charge in [-0.2, -0.15) is 4.72 Å². The molecule has 1 aromatic rings. The summed E-state index contributed by atoms with van der Waals surface area (Å²) in [6.45, 7) is 2.77. The summed E-state index contributed by atoms with van der Waals surface area (Å²) >= 11 is 0. The van der Waals surface area contributed by atoms with Crippen LogP contribution in [0.4, 0.5) is 4.39 Å². The molecule has 5 nitrogen and oxygen atoms in total. The zero-order valence-corrected chi connectivity index (χ0v) is 10.1. The van der Waals surface area contributed by atoms with Gasteiger partial charge in [-0.3, -0.25) is 4.79 Å². The Morgan fingerprint density at radius 2 is 2.06 bits per heavy atom. The van der Waals surface area contributed by atoms with Gasteiger partial charge in [-0.05, 0) is 31.5 Å². The molecular weight excluding hydrogens is 249 g/mol. The highest BCUT2D eigenvalue weighted by Crippen LogP contribution is 2.16. The van der Waals surface area contributed by atoms with Gasteiger partial charge in [0.1, 0.15) is 16.8 Å². The summed E-state index contributed by atoms with van der Waals surface area (Å²) in [6, 6.07) is 2.27. The number of carbonyl (C=O) groups is 1. The van der Waals surface area contributed by atoms with E-state index in [1.54, 1.807) is 6.92 Å². The van der Waals surface area contributed by atoms with Crippen LogP contribution in [0.25, 0.3) is 0 Å². The molecule has 0 aliphatic carbocycles. The Labute approximate surface area is 98.3 Å². The first-order valence-corrected chi connectivity index (χ1v) is 6.23. The summed E-state index contributed by atoms with van der Waals surface area (Å²) in [5.41, 5.74) is 0.565. The lowest BCUT2D eigenvalue weighted by atomic mass is 10.2. The van der Waals surface area contributed by atoms with E-state index in [1.807, 2.05) is 4.72 Å². The summed E-state index contributed by atoms with van der Waals surface area (Å²) in [5, 5.41) is 8.60. The lowest BCUT2D eigenvalue weighted by molar-refractivity contribution is -0.138. The smallest absolute Gasteiger partial charge is 0.321 e. The third-order valence-corrected chi connectivity index (χ3v) is 3.63. The Balaban J connectivity index is 3.13. The molecule has 1 aromatic carbocycles. The number of aryl methyl sites for hydroxylation is 1. The SMILES string of the molecule is Cc1ccc(F)c(S(=O)(=O)N[C@@H](C)C(=O)O)c1. The second-order valence-corrected chi connectivity index (χ2v) is 5.30. The first-order chi connectivity index (χ1) is 7.74. The molecule has 0 unspecified atom stereocenters. The molecule has 0 amide bonds. The van der Waals surface area contributed by atoms with Crippen molar-refractivity contribution >= 4 is 16.0 Å². The summed E-state index contributed by atoms with van der Waals surface area (Å²) in [5.74, 6) is -2.25. The maximum absolute atomic E-state index is 13.4. The molecule has 1 rings (SSSR count). The highest BCUT2D eigenvalue weighted by atomic mass is 32.2. The maximum atomic E-state index is 13.4. The number of nitrogens with one attached hydrogen (secondary N) is 1. The van der Waals surface area contributed by atoms with Crippen LogP contribution in [0, 0.1) is 12.7 Å². The normalized spacial score (nSPS) is 13.4. The van der Waals surface area contributed by atoms with E-state index in [2.05, 4.69) is 0 Å². The van der Waals surface area contributed by atoms with Gasteiger partial charge in [0.15, 0.2) is 0 Å². The van der Waals surface area contributed by atoms with E-state index < -0.39 is 32.7 Å². The number of halogens is 1. The summed E-state index contributed by atoms with van der Waals surface area (Å²) in [6.07, 6.45) is 0. The fourth-order valence-corrected chi connectivity index (χ4v) is 2.52. The zero-order valence-electron chi connectivity index (χ0n) is 9.27. The summed E-state index contributed by atoms with van der Waals surface area (Å²) in [4.78, 5) is 9.99. The molecule has 0 saturated heterocycles. The van der Waals surface area contributed by atoms with Gasteiger partial charge >= 0.3 is 5.97 Å². The number of rotatable bonds is 4. The highest BCUT2D eigenvalue weighted by molar-refractivity contribution is 7.89. The van der Waals surface area contributed by atoms with Crippen molar-refractivity contribution < 1.29 is 22.7 Å². The van der Waals surface area contributed by atoms with Crippen molar-refractivity contribution in [2.75, 3.05) is 0 Å². The minimum absolute atomic E-state index is 0.550. The molecule has 0 saturated carbocycles. The van der Waals surface area contributed by atoms with E-state index >= 15 is 0 Å². The number of benzene rings is 1. The van der Waals surface area contributed by atoms with Gasteiger partial charge in [0.2, 0.25) is 10.0 Å². The van der Waals surface area contributed by atoms with Crippen LogP contribution in [0.3, 0.4) is 0 Å². The molecule has 94 valence electrons. The lowest BCUT2D eigenvalue weighted by Crippen LogP contribution is -2.38. The van der Waals surface area contributed by atoms with Crippen LogP contribution in [0.15, 0.2) is 23.1 Å². The maximum Gasteiger partial charge on any atom is 0.321 e. The van der Waals surface area contributed by atoms with Crippen molar-refractivity contribution in [1.82, 2.24) is 4.72 Å². The van der Waals surface area contributed by atoms with Crippen LogP contribution < -0.4 is 4.72 Å². The Morgan fingerprint density at radius 1 is 1.47 bits per heavy atom. The Morgan fingerprint density at radius 3 is 2.59 bits per heavy atom. The van der Waals surface area contributed by atoms with Crippen molar-refractivity contribution in [1.29, 1.82) is 0 Å². The van der Waals surface area contributed by atoms with Crippen molar-refractivity contribution in [3.63, 3.8) is 0 Å². The fourth-order valence-electron chi connectivity index (χ4n) is 1.16. The molecule has 0 heterocycles. The number of carboxylic acid groups (broad SMARTS) is 1. The van der Waals surface area contributed by atoms with Crippen molar-refractivity contribution in [3.8, 4) is 0 Å². The van der Waals surface area contributed by atoms with E-state index in [4.69, 9.17) is 5.11 Å². The van der Waals surface area contributed by atoms with Crippen molar-refractivity contribution in [3.05, 3.63) is 29.6 Å². The van der Waals surface area contributed by atoms with Crippen LogP contribution in [-0.2, 0) is 14.8 Å². The molecule has 1 atom stereocenters. The van der Waals surface area contributed by atoms with Gasteiger partial charge in [0, 0.05) is 0 Å². The highest BCUT2D eigenvalue weighted by Gasteiger charge is 2.24. The molecule has 17 heavy (non-hydrogen) atoms. The largest absolute Gasteiger partial charge is 0.480 e. The van der Waals surface area contributed by atoms with Crippen LogP contribution in [-0.4, -0.2) is 25.5 Å². The molecule has 0 spiro atoms. The van der Waals surface area contributed by atoms with Gasteiger partial charge in [-0.25, -0.2) is 12.8 Å². The lowest BCUT2D eigenvalue weighted by Gasteiger charge is -2.11. The molecule has 0 aliphatic heterocycles. The minimum Gasteiger partial charge on any atom is -0.480 e. The molecular formula is C10H12FNO4S. The standard InChI is InChI=1S/C10H12FNO4S/c1-6-3-4-8(11)9(5-6)17(15,16)12-7(2)10(13)14/h3-5,7,12H,1-2H3,(H,13,14)/t7-/m0/s1. The van der Waals surface area contributed by atoms with Crippen LogP contribution >= 0.6 is 0 Å². The van der Waals surface area contributed by atoms with E-state index in [1.165, 1.54) is 6.07 Å². The average molecular weight is 261 g/mol. The van der Waals surface area contributed by atoms with Crippen molar-refractivity contribution in [2.24, 2.45) is 0 Å². The molecule has 0 radical (unpaired) electrons. The second-order valence-electron chi connectivity index (χ2n) is 3.62. The monoisotopic (exact) mass is 261 g/mol. The van der Waals surface area contributed by atoms with Crippen LogP contribution in [0.5, 0.6) is 0 Å². The second kappa shape index (κ2) is 4.80. The summed E-state index contributed by atoms with van der Waals surface area (Å²) < 4.78 is 38.6. The van der Waals surface area contributed by atoms with Gasteiger partial charge in [-0.1, -0.05) is 6.07 Å². The van der Waals surface area contributed by atoms with Gasteiger partial charge in [0.05, 0.1) is 0 Å². The Bertz CT molecular complexity index is 541. The molecule has 0 bridgehead atoms. The number of aliphatic carboxylic acids is 1. The number of carboxylic acids is 1. The van der Waals surface area contributed by atoms with Gasteiger partial charge < -0.3 is 5.11 Å². The first kappa shape index (κ1) is 13.6. The quantitative estimate of drug-likeness (QED) is 0.843. The van der Waals surface area contributed by atoms with E-state index in [9.17, 15) is 17.6 Å². The Hall–Kier alpha value is -1.47. The Kier molecular flexibility index (Phi) is 3.84. The van der Waals surface area contributed by atoms with Crippen LogP contribution in [0.2, 0.25) is 0 Å². The summed E-state index contributed by atoms with van der Waals surface area (Å²) in [7, 11) is -4.16. The molecule has 0 fully saturated rings. The molecule has 0 aromatic heterocycles.